The van der Waals surface area contributed by atoms with Gasteiger partial charge in [-0.3, -0.25) is 4.79 Å². The van der Waals surface area contributed by atoms with Gasteiger partial charge in [0, 0.05) is 11.3 Å². The number of anilines is 1. The first-order chi connectivity index (χ1) is 12.6. The molecule has 0 unspecified atom stereocenters. The van der Waals surface area contributed by atoms with Gasteiger partial charge in [-0.2, -0.15) is 0 Å². The molecule has 5 nitrogen and oxygen atoms in total. The van der Waals surface area contributed by atoms with E-state index in [1.165, 1.54) is 26.4 Å². The lowest BCUT2D eigenvalue weighted by Crippen LogP contribution is -2.12. The lowest BCUT2D eigenvalue weighted by atomic mass is 10.1. The van der Waals surface area contributed by atoms with Crippen molar-refractivity contribution in [2.24, 2.45) is 0 Å². The zero-order valence-corrected chi connectivity index (χ0v) is 15.3. The van der Waals surface area contributed by atoms with Crippen molar-refractivity contribution in [1.29, 1.82) is 0 Å². The van der Waals surface area contributed by atoms with Crippen molar-refractivity contribution in [2.45, 2.75) is 32.6 Å². The van der Waals surface area contributed by atoms with Crippen molar-refractivity contribution in [3.8, 4) is 5.75 Å². The van der Waals surface area contributed by atoms with E-state index in [4.69, 9.17) is 4.74 Å². The highest BCUT2D eigenvalue weighted by Crippen LogP contribution is 2.16. The minimum Gasteiger partial charge on any atom is -0.494 e. The van der Waals surface area contributed by atoms with E-state index < -0.39 is 5.97 Å². The first kappa shape index (κ1) is 19.5. The molecule has 2 rings (SSSR count). The van der Waals surface area contributed by atoms with Gasteiger partial charge in [0.05, 0.1) is 19.3 Å². The number of hydrogen-bond donors (Lipinski definition) is 1. The Morgan fingerprint density at radius 2 is 1.73 bits per heavy atom. The van der Waals surface area contributed by atoms with Gasteiger partial charge < -0.3 is 14.8 Å². The van der Waals surface area contributed by atoms with E-state index >= 15 is 0 Å². The van der Waals surface area contributed by atoms with Crippen molar-refractivity contribution in [2.75, 3.05) is 19.0 Å². The Balaban J connectivity index is 1.90. The van der Waals surface area contributed by atoms with E-state index in [1.807, 2.05) is 0 Å². The maximum Gasteiger partial charge on any atom is 0.337 e. The second-order valence-corrected chi connectivity index (χ2v) is 5.96. The van der Waals surface area contributed by atoms with Gasteiger partial charge in [-0.25, -0.2) is 4.79 Å². The smallest absolute Gasteiger partial charge is 0.337 e. The highest BCUT2D eigenvalue weighted by atomic mass is 16.5. The Labute approximate surface area is 154 Å². The summed E-state index contributed by atoms with van der Waals surface area (Å²) >= 11 is 0. The molecule has 0 aromatic heterocycles. The molecule has 138 valence electrons. The molecule has 2 aromatic rings. The van der Waals surface area contributed by atoms with Crippen molar-refractivity contribution < 1.29 is 19.1 Å². The van der Waals surface area contributed by atoms with Gasteiger partial charge in [0.25, 0.3) is 5.91 Å². The summed E-state index contributed by atoms with van der Waals surface area (Å²) in [5.41, 5.74) is 1.44. The van der Waals surface area contributed by atoms with Crippen LogP contribution in [0.15, 0.2) is 48.5 Å². The Morgan fingerprint density at radius 3 is 2.42 bits per heavy atom. The predicted molar refractivity (Wildman–Crippen MR) is 102 cm³/mol. The van der Waals surface area contributed by atoms with E-state index in [0.29, 0.717) is 23.4 Å². The van der Waals surface area contributed by atoms with E-state index in [-0.39, 0.29) is 5.91 Å². The van der Waals surface area contributed by atoms with Crippen LogP contribution in [0, 0.1) is 0 Å². The average molecular weight is 355 g/mol. The molecular formula is C21H25NO4. The fourth-order valence-electron chi connectivity index (χ4n) is 2.47. The zero-order valence-electron chi connectivity index (χ0n) is 15.3. The fourth-order valence-corrected chi connectivity index (χ4v) is 2.47. The number of carbonyl (C=O) groups is 2. The third-order valence-electron chi connectivity index (χ3n) is 3.92. The third kappa shape index (κ3) is 5.92. The molecule has 0 heterocycles. The number of hydrogen-bond acceptors (Lipinski definition) is 4. The van der Waals surface area contributed by atoms with Crippen molar-refractivity contribution in [1.82, 2.24) is 0 Å². The standard InChI is InChI=1S/C21H25NO4/c1-3-4-5-6-14-26-19-12-10-16(11-13-19)20(23)22-18-9-7-8-17(15-18)21(24)25-2/h7-13,15H,3-6,14H2,1-2H3,(H,22,23). The van der Waals surface area contributed by atoms with Crippen molar-refractivity contribution in [3.05, 3.63) is 59.7 Å². The summed E-state index contributed by atoms with van der Waals surface area (Å²) in [6, 6.07) is 13.7. The molecule has 1 amide bonds. The first-order valence-electron chi connectivity index (χ1n) is 8.86. The number of benzene rings is 2. The molecule has 0 atom stereocenters. The van der Waals surface area contributed by atoms with Crippen LogP contribution in [0.4, 0.5) is 5.69 Å². The molecule has 0 aliphatic carbocycles. The van der Waals surface area contributed by atoms with Gasteiger partial charge in [-0.1, -0.05) is 32.3 Å². The summed E-state index contributed by atoms with van der Waals surface area (Å²) in [7, 11) is 1.32. The first-order valence-corrected chi connectivity index (χ1v) is 8.86. The van der Waals surface area contributed by atoms with Crippen LogP contribution in [0.1, 0.15) is 53.3 Å². The molecule has 0 saturated carbocycles. The lowest BCUT2D eigenvalue weighted by molar-refractivity contribution is 0.0600. The molecule has 2 aromatic carbocycles. The molecule has 0 aliphatic heterocycles. The molecule has 0 saturated heterocycles. The van der Waals surface area contributed by atoms with Crippen LogP contribution in [-0.4, -0.2) is 25.6 Å². The summed E-state index contributed by atoms with van der Waals surface area (Å²) in [5.74, 6) is 0.0637. The molecule has 0 spiro atoms. The summed E-state index contributed by atoms with van der Waals surface area (Å²) in [6.45, 7) is 2.86. The number of esters is 1. The zero-order chi connectivity index (χ0) is 18.8. The second-order valence-electron chi connectivity index (χ2n) is 5.96. The number of unbranched alkanes of at least 4 members (excludes halogenated alkanes) is 3. The van der Waals surface area contributed by atoms with E-state index in [9.17, 15) is 9.59 Å². The normalized spacial score (nSPS) is 10.2. The van der Waals surface area contributed by atoms with E-state index in [1.54, 1.807) is 48.5 Å². The van der Waals surface area contributed by atoms with Crippen LogP contribution >= 0.6 is 0 Å². The summed E-state index contributed by atoms with van der Waals surface area (Å²) in [4.78, 5) is 23.9. The van der Waals surface area contributed by atoms with Crippen LogP contribution in [0.5, 0.6) is 5.75 Å². The summed E-state index contributed by atoms with van der Waals surface area (Å²) in [6.07, 6.45) is 4.63. The number of amides is 1. The maximum atomic E-state index is 12.3. The number of methoxy groups -OCH3 is 1. The van der Waals surface area contributed by atoms with Gasteiger partial charge >= 0.3 is 5.97 Å². The highest BCUT2D eigenvalue weighted by Gasteiger charge is 2.09. The highest BCUT2D eigenvalue weighted by molar-refractivity contribution is 6.04. The van der Waals surface area contributed by atoms with Crippen LogP contribution in [0.25, 0.3) is 0 Å². The van der Waals surface area contributed by atoms with E-state index in [2.05, 4.69) is 17.0 Å². The Bertz CT molecular complexity index is 725. The molecule has 26 heavy (non-hydrogen) atoms. The molecule has 0 fully saturated rings. The van der Waals surface area contributed by atoms with Crippen LogP contribution < -0.4 is 10.1 Å². The fraction of sp³-hybridized carbons (Fsp3) is 0.333. The SMILES string of the molecule is CCCCCCOc1ccc(C(=O)Nc2cccc(C(=O)OC)c2)cc1. The minimum atomic E-state index is -0.443. The van der Waals surface area contributed by atoms with Crippen LogP contribution in [0.2, 0.25) is 0 Å². The number of rotatable bonds is 9. The number of nitrogens with one attached hydrogen (secondary N) is 1. The largest absolute Gasteiger partial charge is 0.494 e. The van der Waals surface area contributed by atoms with Crippen molar-refractivity contribution in [3.63, 3.8) is 0 Å². The molecule has 1 N–H and O–H groups in total. The summed E-state index contributed by atoms with van der Waals surface area (Å²) < 4.78 is 10.4. The van der Waals surface area contributed by atoms with Crippen LogP contribution in [0.3, 0.4) is 0 Å². The quantitative estimate of drug-likeness (QED) is 0.524. The minimum absolute atomic E-state index is 0.249. The molecule has 5 heteroatoms. The molecule has 0 bridgehead atoms. The molecule has 0 aliphatic rings. The van der Waals surface area contributed by atoms with Gasteiger partial charge in [-0.05, 0) is 48.9 Å². The topological polar surface area (TPSA) is 64.6 Å². The second kappa shape index (κ2) is 10.2. The monoisotopic (exact) mass is 355 g/mol. The number of carbonyl (C=O) groups excluding carboxylic acids is 2. The molecule has 0 radical (unpaired) electrons. The average Bonchev–Trinajstić information content (AvgIpc) is 2.68. The van der Waals surface area contributed by atoms with E-state index in [0.717, 1.165) is 12.2 Å². The Morgan fingerprint density at radius 1 is 0.962 bits per heavy atom. The summed E-state index contributed by atoms with van der Waals surface area (Å²) in [5, 5.41) is 2.78. The van der Waals surface area contributed by atoms with Gasteiger partial charge in [0.2, 0.25) is 0 Å². The molecular weight excluding hydrogens is 330 g/mol. The van der Waals surface area contributed by atoms with Gasteiger partial charge in [0.1, 0.15) is 5.75 Å². The lowest BCUT2D eigenvalue weighted by Gasteiger charge is -2.09. The predicted octanol–water partition coefficient (Wildman–Crippen LogP) is 4.68. The maximum absolute atomic E-state index is 12.3. The van der Waals surface area contributed by atoms with Crippen molar-refractivity contribution >= 4 is 17.6 Å². The third-order valence-corrected chi connectivity index (χ3v) is 3.92. The van der Waals surface area contributed by atoms with Gasteiger partial charge in [0.15, 0.2) is 0 Å². The van der Waals surface area contributed by atoms with Crippen LogP contribution in [-0.2, 0) is 4.74 Å². The Kier molecular flexibility index (Phi) is 7.68. The Hall–Kier alpha value is -2.82. The van der Waals surface area contributed by atoms with Gasteiger partial charge in [-0.15, -0.1) is 0 Å². The number of ether oxygens (including phenoxy) is 2.